The van der Waals surface area contributed by atoms with Gasteiger partial charge in [0.1, 0.15) is 12.4 Å². The molecule has 4 nitrogen and oxygen atoms in total. The fourth-order valence-corrected chi connectivity index (χ4v) is 2.46. The van der Waals surface area contributed by atoms with Crippen LogP contribution in [0.1, 0.15) is 11.1 Å². The second-order valence-corrected chi connectivity index (χ2v) is 5.51. The van der Waals surface area contributed by atoms with Crippen molar-refractivity contribution in [1.82, 2.24) is 0 Å². The van der Waals surface area contributed by atoms with Gasteiger partial charge in [-0.05, 0) is 23.8 Å². The fraction of sp³-hybridized carbons (Fsp3) is 0.143. The van der Waals surface area contributed by atoms with Crippen molar-refractivity contribution in [2.75, 3.05) is 0 Å². The van der Waals surface area contributed by atoms with Crippen molar-refractivity contribution < 1.29 is 9.66 Å². The molecule has 0 bridgehead atoms. The maximum absolute atomic E-state index is 10.7. The molecule has 0 aromatic heterocycles. The van der Waals surface area contributed by atoms with Gasteiger partial charge in [0.15, 0.2) is 0 Å². The van der Waals surface area contributed by atoms with Gasteiger partial charge in [0, 0.05) is 27.5 Å². The standard InChI is InChI=1S/C14H11Br2NO3/c15-8-10-1-5-13(6-2-10)20-9-11-3-4-12(17(18)19)7-14(11)16/h1-7H,8-9H2. The molecule has 0 amide bonds. The average Bonchev–Trinajstić information content (AvgIpc) is 2.46. The van der Waals surface area contributed by atoms with Crippen LogP contribution in [0.15, 0.2) is 46.9 Å². The molecular formula is C14H11Br2NO3. The molecule has 0 aliphatic carbocycles. The summed E-state index contributed by atoms with van der Waals surface area (Å²) in [6.45, 7) is 0.353. The molecule has 2 aromatic carbocycles. The first kappa shape index (κ1) is 15.0. The molecule has 0 spiro atoms. The lowest BCUT2D eigenvalue weighted by Crippen LogP contribution is -1.97. The number of nitro groups is 1. The predicted molar refractivity (Wildman–Crippen MR) is 84.2 cm³/mol. The SMILES string of the molecule is O=[N+]([O-])c1ccc(COc2ccc(CBr)cc2)c(Br)c1. The van der Waals surface area contributed by atoms with Crippen molar-refractivity contribution >= 4 is 37.5 Å². The van der Waals surface area contributed by atoms with Gasteiger partial charge in [-0.25, -0.2) is 0 Å². The highest BCUT2D eigenvalue weighted by molar-refractivity contribution is 9.10. The van der Waals surface area contributed by atoms with Crippen molar-refractivity contribution in [1.29, 1.82) is 0 Å². The van der Waals surface area contributed by atoms with Crippen LogP contribution in [-0.4, -0.2) is 4.92 Å². The van der Waals surface area contributed by atoms with Crippen LogP contribution in [0, 0.1) is 10.1 Å². The molecule has 0 atom stereocenters. The Morgan fingerprint density at radius 3 is 2.40 bits per heavy atom. The van der Waals surface area contributed by atoms with Gasteiger partial charge in [0.05, 0.1) is 4.92 Å². The van der Waals surface area contributed by atoms with Gasteiger partial charge in [-0.2, -0.15) is 0 Å². The van der Waals surface area contributed by atoms with E-state index in [9.17, 15) is 10.1 Å². The second kappa shape index (κ2) is 6.85. The number of alkyl halides is 1. The highest BCUT2D eigenvalue weighted by Crippen LogP contribution is 2.24. The summed E-state index contributed by atoms with van der Waals surface area (Å²) in [6, 6.07) is 12.4. The summed E-state index contributed by atoms with van der Waals surface area (Å²) in [7, 11) is 0. The van der Waals surface area contributed by atoms with E-state index < -0.39 is 4.92 Å². The maximum Gasteiger partial charge on any atom is 0.270 e. The van der Waals surface area contributed by atoms with Crippen molar-refractivity contribution in [3.05, 3.63) is 68.2 Å². The van der Waals surface area contributed by atoms with Crippen LogP contribution in [0.2, 0.25) is 0 Å². The van der Waals surface area contributed by atoms with Crippen molar-refractivity contribution in [2.24, 2.45) is 0 Å². The van der Waals surface area contributed by atoms with Gasteiger partial charge in [0.2, 0.25) is 0 Å². The molecule has 0 saturated heterocycles. The van der Waals surface area contributed by atoms with Crippen LogP contribution in [0.4, 0.5) is 5.69 Å². The average molecular weight is 401 g/mol. The van der Waals surface area contributed by atoms with Gasteiger partial charge in [0.25, 0.3) is 5.69 Å². The zero-order valence-corrected chi connectivity index (χ0v) is 13.6. The molecule has 0 aliphatic heterocycles. The Labute approximate surface area is 133 Å². The number of benzene rings is 2. The van der Waals surface area contributed by atoms with E-state index in [1.807, 2.05) is 24.3 Å². The number of halogens is 2. The summed E-state index contributed by atoms with van der Waals surface area (Å²) < 4.78 is 6.33. The molecule has 0 aliphatic rings. The topological polar surface area (TPSA) is 52.4 Å². The Morgan fingerprint density at radius 1 is 1.15 bits per heavy atom. The third kappa shape index (κ3) is 3.80. The lowest BCUT2D eigenvalue weighted by molar-refractivity contribution is -0.384. The molecule has 0 radical (unpaired) electrons. The largest absolute Gasteiger partial charge is 0.489 e. The molecule has 2 rings (SSSR count). The quantitative estimate of drug-likeness (QED) is 0.410. The lowest BCUT2D eigenvalue weighted by atomic mass is 10.2. The summed E-state index contributed by atoms with van der Waals surface area (Å²) in [5.41, 5.74) is 2.09. The first-order chi connectivity index (χ1) is 9.60. The fourth-order valence-electron chi connectivity index (χ4n) is 1.60. The molecule has 0 N–H and O–H groups in total. The summed E-state index contributed by atoms with van der Waals surface area (Å²) in [5.74, 6) is 0.764. The summed E-state index contributed by atoms with van der Waals surface area (Å²) >= 11 is 6.70. The van der Waals surface area contributed by atoms with Crippen LogP contribution in [0.3, 0.4) is 0 Å². The lowest BCUT2D eigenvalue weighted by Gasteiger charge is -2.08. The Kier molecular flexibility index (Phi) is 5.14. The van der Waals surface area contributed by atoms with Crippen LogP contribution < -0.4 is 4.74 Å². The molecule has 0 fully saturated rings. The van der Waals surface area contributed by atoms with E-state index in [0.29, 0.717) is 11.1 Å². The summed E-state index contributed by atoms with van der Waals surface area (Å²) in [4.78, 5) is 10.2. The molecule has 0 saturated carbocycles. The Morgan fingerprint density at radius 2 is 1.85 bits per heavy atom. The first-order valence-corrected chi connectivity index (χ1v) is 7.72. The van der Waals surface area contributed by atoms with E-state index in [1.54, 1.807) is 6.07 Å². The van der Waals surface area contributed by atoms with Crippen LogP contribution in [0.5, 0.6) is 5.75 Å². The number of nitro benzene ring substituents is 1. The highest BCUT2D eigenvalue weighted by Gasteiger charge is 2.09. The van der Waals surface area contributed by atoms with Crippen molar-refractivity contribution in [3.8, 4) is 5.75 Å². The van der Waals surface area contributed by atoms with Crippen molar-refractivity contribution in [2.45, 2.75) is 11.9 Å². The zero-order chi connectivity index (χ0) is 14.5. The molecule has 20 heavy (non-hydrogen) atoms. The Hall–Kier alpha value is -1.40. The molecule has 104 valence electrons. The first-order valence-electron chi connectivity index (χ1n) is 5.80. The van der Waals surface area contributed by atoms with E-state index in [-0.39, 0.29) is 5.69 Å². The van der Waals surface area contributed by atoms with E-state index in [2.05, 4.69) is 31.9 Å². The van der Waals surface area contributed by atoms with Gasteiger partial charge in [-0.15, -0.1) is 0 Å². The number of hydrogen-bond acceptors (Lipinski definition) is 3. The monoisotopic (exact) mass is 399 g/mol. The highest BCUT2D eigenvalue weighted by atomic mass is 79.9. The minimum absolute atomic E-state index is 0.0577. The number of ether oxygens (including phenoxy) is 1. The van der Waals surface area contributed by atoms with Crippen LogP contribution >= 0.6 is 31.9 Å². The van der Waals surface area contributed by atoms with Crippen LogP contribution in [-0.2, 0) is 11.9 Å². The van der Waals surface area contributed by atoms with E-state index in [1.165, 1.54) is 17.7 Å². The number of hydrogen-bond donors (Lipinski definition) is 0. The minimum atomic E-state index is -0.422. The minimum Gasteiger partial charge on any atom is -0.489 e. The van der Waals surface area contributed by atoms with E-state index in [4.69, 9.17) is 4.74 Å². The maximum atomic E-state index is 10.7. The molecular weight excluding hydrogens is 390 g/mol. The van der Waals surface area contributed by atoms with Gasteiger partial charge >= 0.3 is 0 Å². The van der Waals surface area contributed by atoms with E-state index >= 15 is 0 Å². The number of nitrogens with zero attached hydrogens (tertiary/aromatic N) is 1. The summed E-state index contributed by atoms with van der Waals surface area (Å²) in [5, 5.41) is 11.5. The Bertz CT molecular complexity index is 614. The molecule has 2 aromatic rings. The van der Waals surface area contributed by atoms with Gasteiger partial charge in [-0.1, -0.05) is 44.0 Å². The van der Waals surface area contributed by atoms with Gasteiger partial charge in [-0.3, -0.25) is 10.1 Å². The summed E-state index contributed by atoms with van der Waals surface area (Å²) in [6.07, 6.45) is 0. The second-order valence-electron chi connectivity index (χ2n) is 4.10. The van der Waals surface area contributed by atoms with Crippen molar-refractivity contribution in [3.63, 3.8) is 0 Å². The van der Waals surface area contributed by atoms with Crippen LogP contribution in [0.25, 0.3) is 0 Å². The smallest absolute Gasteiger partial charge is 0.270 e. The number of rotatable bonds is 5. The molecule has 0 unspecified atom stereocenters. The molecule has 6 heteroatoms. The zero-order valence-electron chi connectivity index (χ0n) is 10.4. The predicted octanol–water partition coefficient (Wildman–Crippen LogP) is 4.83. The normalized spacial score (nSPS) is 10.3. The molecule has 0 heterocycles. The van der Waals surface area contributed by atoms with Gasteiger partial charge < -0.3 is 4.74 Å². The van der Waals surface area contributed by atoms with E-state index in [0.717, 1.165) is 16.6 Å². The third-order valence-electron chi connectivity index (χ3n) is 2.72. The Balaban J connectivity index is 2.04. The third-order valence-corrected chi connectivity index (χ3v) is 4.11. The number of non-ortho nitro benzene ring substituents is 1.